The molecule has 2 N–H and O–H groups in total. The van der Waals surface area contributed by atoms with Crippen LogP contribution in [-0.2, 0) is 11.0 Å². The largest absolute Gasteiger partial charge is 0.480 e. The highest BCUT2D eigenvalue weighted by atomic mass is 19.4. The lowest BCUT2D eigenvalue weighted by molar-refractivity contribution is -0.157. The van der Waals surface area contributed by atoms with Crippen LogP contribution in [0.2, 0.25) is 0 Å². The zero-order valence-corrected chi connectivity index (χ0v) is 10.6. The molecule has 1 unspecified atom stereocenters. The van der Waals surface area contributed by atoms with Gasteiger partial charge in [-0.25, -0.2) is 4.79 Å². The molecule has 1 rings (SSSR count). The Hall–Kier alpha value is -2.26. The Labute approximate surface area is 119 Å². The molecule has 1 atom stereocenters. The molecule has 0 saturated heterocycles. The molecule has 22 heavy (non-hydrogen) atoms. The number of hydrogen-bond acceptors (Lipinski definition) is 2. The van der Waals surface area contributed by atoms with E-state index in [1.807, 2.05) is 0 Å². The lowest BCUT2D eigenvalue weighted by atomic mass is 10.1. The number of carbonyl (C=O) groups is 2. The molecule has 0 aliphatic rings. The molecule has 0 spiro atoms. The summed E-state index contributed by atoms with van der Waals surface area (Å²) >= 11 is 0. The molecule has 0 heterocycles. The normalized spacial score (nSPS) is 13.5. The van der Waals surface area contributed by atoms with Crippen LogP contribution in [0.5, 0.6) is 0 Å². The van der Waals surface area contributed by atoms with E-state index in [4.69, 9.17) is 5.11 Å². The van der Waals surface area contributed by atoms with Crippen molar-refractivity contribution in [3.63, 3.8) is 0 Å². The van der Waals surface area contributed by atoms with Crippen molar-refractivity contribution in [2.75, 3.05) is 0 Å². The molecular formula is C12H9F6NO3. The predicted octanol–water partition coefficient (Wildman–Crippen LogP) is 2.84. The van der Waals surface area contributed by atoms with Gasteiger partial charge in [0.05, 0.1) is 12.0 Å². The summed E-state index contributed by atoms with van der Waals surface area (Å²) in [5.41, 5.74) is -1.43. The van der Waals surface area contributed by atoms with Gasteiger partial charge in [-0.05, 0) is 24.3 Å². The Morgan fingerprint density at radius 3 is 1.91 bits per heavy atom. The molecule has 1 amide bonds. The smallest absolute Gasteiger partial charge is 0.416 e. The number of aliphatic carboxylic acids is 1. The topological polar surface area (TPSA) is 66.4 Å². The molecule has 1 aromatic rings. The number of benzene rings is 1. The summed E-state index contributed by atoms with van der Waals surface area (Å²) in [6.07, 6.45) is -11.2. The number of carboxylic acids is 1. The zero-order chi connectivity index (χ0) is 17.1. The number of halogens is 6. The first-order valence-corrected chi connectivity index (χ1v) is 5.68. The van der Waals surface area contributed by atoms with Crippen molar-refractivity contribution in [3.8, 4) is 0 Å². The molecular weight excluding hydrogens is 320 g/mol. The van der Waals surface area contributed by atoms with Gasteiger partial charge in [-0.15, -0.1) is 0 Å². The van der Waals surface area contributed by atoms with E-state index in [0.717, 1.165) is 12.1 Å². The molecule has 0 aromatic heterocycles. The van der Waals surface area contributed by atoms with Crippen LogP contribution in [0.3, 0.4) is 0 Å². The quantitative estimate of drug-likeness (QED) is 0.835. The van der Waals surface area contributed by atoms with E-state index in [2.05, 4.69) is 0 Å². The minimum atomic E-state index is -4.82. The predicted molar refractivity (Wildman–Crippen MR) is 61.0 cm³/mol. The van der Waals surface area contributed by atoms with Gasteiger partial charge >= 0.3 is 18.3 Å². The Morgan fingerprint density at radius 1 is 1.05 bits per heavy atom. The van der Waals surface area contributed by atoms with Crippen LogP contribution in [0.4, 0.5) is 26.3 Å². The monoisotopic (exact) mass is 329 g/mol. The van der Waals surface area contributed by atoms with Gasteiger partial charge in [-0.1, -0.05) is 0 Å². The van der Waals surface area contributed by atoms with Crippen LogP contribution in [0, 0.1) is 0 Å². The molecule has 10 heteroatoms. The fourth-order valence-corrected chi connectivity index (χ4v) is 1.48. The van der Waals surface area contributed by atoms with Crippen LogP contribution in [0.15, 0.2) is 24.3 Å². The fourth-order valence-electron chi connectivity index (χ4n) is 1.48. The average molecular weight is 329 g/mol. The number of amides is 1. The molecule has 0 fully saturated rings. The minimum Gasteiger partial charge on any atom is -0.480 e. The van der Waals surface area contributed by atoms with Crippen molar-refractivity contribution in [2.45, 2.75) is 24.8 Å². The first-order valence-electron chi connectivity index (χ1n) is 5.68. The van der Waals surface area contributed by atoms with Crippen molar-refractivity contribution in [3.05, 3.63) is 35.4 Å². The molecule has 0 bridgehead atoms. The third kappa shape index (κ3) is 5.26. The van der Waals surface area contributed by atoms with E-state index in [1.165, 1.54) is 0 Å². The zero-order valence-electron chi connectivity index (χ0n) is 10.6. The van der Waals surface area contributed by atoms with Crippen LogP contribution in [0.25, 0.3) is 0 Å². The lowest BCUT2D eigenvalue weighted by Crippen LogP contribution is -2.43. The summed E-state index contributed by atoms with van der Waals surface area (Å²) in [4.78, 5) is 22.2. The van der Waals surface area contributed by atoms with Crippen LogP contribution < -0.4 is 5.32 Å². The average Bonchev–Trinajstić information content (AvgIpc) is 2.35. The summed E-state index contributed by atoms with van der Waals surface area (Å²) in [5.74, 6) is -3.12. The Kier molecular flexibility index (Phi) is 5.05. The summed E-state index contributed by atoms with van der Waals surface area (Å²) in [7, 11) is 0. The minimum absolute atomic E-state index is 0.388. The molecule has 4 nitrogen and oxygen atoms in total. The first-order chi connectivity index (χ1) is 9.90. The van der Waals surface area contributed by atoms with E-state index >= 15 is 0 Å². The van der Waals surface area contributed by atoms with E-state index < -0.39 is 42.3 Å². The Bertz CT molecular complexity index is 549. The van der Waals surface area contributed by atoms with Crippen LogP contribution in [0.1, 0.15) is 22.3 Å². The highest BCUT2D eigenvalue weighted by Gasteiger charge is 2.36. The van der Waals surface area contributed by atoms with Crippen molar-refractivity contribution in [1.29, 1.82) is 0 Å². The summed E-state index contributed by atoms with van der Waals surface area (Å²) in [5, 5.41) is 10.2. The van der Waals surface area contributed by atoms with E-state index in [1.54, 1.807) is 5.32 Å². The van der Waals surface area contributed by atoms with Crippen molar-refractivity contribution in [2.24, 2.45) is 0 Å². The number of carbonyl (C=O) groups excluding carboxylic acids is 1. The van der Waals surface area contributed by atoms with E-state index in [-0.39, 0.29) is 5.56 Å². The maximum Gasteiger partial charge on any atom is 0.416 e. The van der Waals surface area contributed by atoms with Gasteiger partial charge in [0.25, 0.3) is 5.91 Å². The van der Waals surface area contributed by atoms with Crippen LogP contribution in [-0.4, -0.2) is 29.2 Å². The molecule has 1 aromatic carbocycles. The Morgan fingerprint density at radius 2 is 1.55 bits per heavy atom. The van der Waals surface area contributed by atoms with Crippen LogP contribution >= 0.6 is 0 Å². The van der Waals surface area contributed by atoms with E-state index in [0.29, 0.717) is 12.1 Å². The van der Waals surface area contributed by atoms with Gasteiger partial charge in [-0.3, -0.25) is 4.79 Å². The van der Waals surface area contributed by atoms with Gasteiger partial charge in [0.1, 0.15) is 6.04 Å². The number of nitrogens with one attached hydrogen (secondary N) is 1. The summed E-state index contributed by atoms with van der Waals surface area (Å²) in [6, 6.07) is 0.382. The van der Waals surface area contributed by atoms with Crippen molar-refractivity contribution in [1.82, 2.24) is 5.32 Å². The SMILES string of the molecule is O=C(NC(CC(F)(F)F)C(=O)O)c1ccc(C(F)(F)F)cc1. The fraction of sp³-hybridized carbons (Fsp3) is 0.333. The molecule has 0 saturated carbocycles. The Balaban J connectivity index is 2.85. The third-order valence-electron chi connectivity index (χ3n) is 2.51. The maximum absolute atomic E-state index is 12.3. The molecule has 0 aliphatic heterocycles. The number of rotatable bonds is 4. The standard InChI is InChI=1S/C12H9F6NO3/c13-11(14,15)5-8(10(21)22)19-9(20)6-1-3-7(4-2-6)12(16,17)18/h1-4,8H,5H2,(H,19,20)(H,21,22). The van der Waals surface area contributed by atoms with Crippen molar-refractivity contribution >= 4 is 11.9 Å². The highest BCUT2D eigenvalue weighted by Crippen LogP contribution is 2.29. The highest BCUT2D eigenvalue weighted by molar-refractivity contribution is 5.96. The maximum atomic E-state index is 12.3. The van der Waals surface area contributed by atoms with E-state index in [9.17, 15) is 35.9 Å². The lowest BCUT2D eigenvalue weighted by Gasteiger charge is -2.16. The summed E-state index contributed by atoms with van der Waals surface area (Å²) in [6.45, 7) is 0. The molecule has 0 radical (unpaired) electrons. The first kappa shape index (κ1) is 17.8. The molecule has 122 valence electrons. The number of carboxylic acid groups (broad SMARTS) is 1. The number of hydrogen-bond donors (Lipinski definition) is 2. The van der Waals surface area contributed by atoms with Gasteiger partial charge in [0.2, 0.25) is 0 Å². The van der Waals surface area contributed by atoms with Gasteiger partial charge in [0.15, 0.2) is 0 Å². The third-order valence-corrected chi connectivity index (χ3v) is 2.51. The second-order valence-electron chi connectivity index (χ2n) is 4.26. The second kappa shape index (κ2) is 6.24. The molecule has 0 aliphatic carbocycles. The van der Waals surface area contributed by atoms with Gasteiger partial charge in [-0.2, -0.15) is 26.3 Å². The summed E-state index contributed by atoms with van der Waals surface area (Å²) < 4.78 is 73.4. The second-order valence-corrected chi connectivity index (χ2v) is 4.26. The number of alkyl halides is 6. The van der Waals surface area contributed by atoms with Gasteiger partial charge < -0.3 is 10.4 Å². The van der Waals surface area contributed by atoms with Crippen molar-refractivity contribution < 1.29 is 41.0 Å². The van der Waals surface area contributed by atoms with Gasteiger partial charge in [0, 0.05) is 5.56 Å².